The molecule has 0 aromatic rings. The molecule has 0 spiro atoms. The maximum atomic E-state index is 12.8. The molecule has 0 amide bonds. The van der Waals surface area contributed by atoms with E-state index in [4.69, 9.17) is 14.2 Å². The number of allylic oxidation sites excluding steroid dienone is 10. The van der Waals surface area contributed by atoms with Gasteiger partial charge in [0.25, 0.3) is 0 Å². The summed E-state index contributed by atoms with van der Waals surface area (Å²) in [5, 5.41) is 0. The highest BCUT2D eigenvalue weighted by atomic mass is 16.6. The summed E-state index contributed by atoms with van der Waals surface area (Å²) in [6.45, 7) is 6.45. The van der Waals surface area contributed by atoms with Crippen molar-refractivity contribution < 1.29 is 28.6 Å². The summed E-state index contributed by atoms with van der Waals surface area (Å²) < 4.78 is 16.8. The van der Waals surface area contributed by atoms with Gasteiger partial charge in [-0.05, 0) is 77.0 Å². The minimum Gasteiger partial charge on any atom is -0.462 e. The predicted octanol–water partition coefficient (Wildman–Crippen LogP) is 16.9. The van der Waals surface area contributed by atoms with Gasteiger partial charge in [-0.3, -0.25) is 14.4 Å². The zero-order valence-corrected chi connectivity index (χ0v) is 40.2. The van der Waals surface area contributed by atoms with Gasteiger partial charge in [0.2, 0.25) is 0 Å². The lowest BCUT2D eigenvalue weighted by Gasteiger charge is -2.18. The van der Waals surface area contributed by atoms with Crippen LogP contribution in [0, 0.1) is 0 Å². The summed E-state index contributed by atoms with van der Waals surface area (Å²) in [6.07, 6.45) is 60.5. The highest BCUT2D eigenvalue weighted by Crippen LogP contribution is 2.15. The van der Waals surface area contributed by atoms with Crippen LogP contribution in [-0.4, -0.2) is 37.2 Å². The van der Waals surface area contributed by atoms with Crippen LogP contribution in [-0.2, 0) is 28.6 Å². The lowest BCUT2D eigenvalue weighted by molar-refractivity contribution is -0.167. The summed E-state index contributed by atoms with van der Waals surface area (Å²) in [5.74, 6) is -0.901. The van der Waals surface area contributed by atoms with Crippen molar-refractivity contribution in [3.05, 3.63) is 60.8 Å². The molecule has 0 saturated heterocycles. The Morgan fingerprint density at radius 1 is 0.344 bits per heavy atom. The molecule has 0 aliphatic rings. The van der Waals surface area contributed by atoms with Gasteiger partial charge in [-0.25, -0.2) is 0 Å². The van der Waals surface area contributed by atoms with Crippen molar-refractivity contribution >= 4 is 17.9 Å². The molecule has 61 heavy (non-hydrogen) atoms. The Morgan fingerprint density at radius 2 is 0.672 bits per heavy atom. The second-order valence-electron chi connectivity index (χ2n) is 17.1. The number of unbranched alkanes of at least 4 members (excludes halogenated alkanes) is 25. The van der Waals surface area contributed by atoms with Gasteiger partial charge in [-0.15, -0.1) is 0 Å². The molecule has 0 saturated carbocycles. The molecule has 0 aliphatic heterocycles. The van der Waals surface area contributed by atoms with Crippen LogP contribution >= 0.6 is 0 Å². The third-order valence-corrected chi connectivity index (χ3v) is 11.0. The fraction of sp³-hybridized carbons (Fsp3) is 0.764. The van der Waals surface area contributed by atoms with Gasteiger partial charge in [0.05, 0.1) is 0 Å². The Bertz CT molecular complexity index is 1120. The molecule has 6 nitrogen and oxygen atoms in total. The van der Waals surface area contributed by atoms with Gasteiger partial charge in [-0.2, -0.15) is 0 Å². The summed E-state index contributed by atoms with van der Waals surface area (Å²) in [5.41, 5.74) is 0. The van der Waals surface area contributed by atoms with Crippen molar-refractivity contribution in [2.24, 2.45) is 0 Å². The monoisotopic (exact) mass is 853 g/mol. The molecule has 0 aromatic heterocycles. The zero-order chi connectivity index (χ0) is 44.4. The molecule has 0 heterocycles. The van der Waals surface area contributed by atoms with E-state index in [0.29, 0.717) is 19.3 Å². The first kappa shape index (κ1) is 58.1. The van der Waals surface area contributed by atoms with Crippen molar-refractivity contribution in [3.8, 4) is 0 Å². The second-order valence-corrected chi connectivity index (χ2v) is 17.1. The number of rotatable bonds is 46. The Labute approximate surface area is 377 Å². The SMILES string of the molecule is CC/C=C\C/C=C\C/C=C\CCCCCCCCCC(=O)OCC(COC(=O)CCCCCCCCCCCCCCC)OC(=O)CCCCCCC/C=C\C/C=C\CCC. The van der Waals surface area contributed by atoms with Crippen LogP contribution in [0.3, 0.4) is 0 Å². The standard InChI is InChI=1S/C55H96O6/c1-4-7-10-13-16-19-22-25-26-27-28-31-33-36-39-42-45-48-54(57)60-51-52(61-55(58)49-46-43-40-37-34-30-24-21-18-15-12-9-6-3)50-59-53(56)47-44-41-38-35-32-29-23-20-17-14-11-8-5-2/h7,10,12,15-16,19,21,24-26,52H,4-6,8-9,11,13-14,17-18,20,22-23,27-51H2,1-3H3/b10-7-,15-12-,19-16-,24-21-,26-25-. The molecule has 0 aromatic carbocycles. The number of ether oxygens (including phenoxy) is 3. The van der Waals surface area contributed by atoms with Gasteiger partial charge in [0.1, 0.15) is 13.2 Å². The van der Waals surface area contributed by atoms with E-state index in [0.717, 1.165) is 116 Å². The summed E-state index contributed by atoms with van der Waals surface area (Å²) in [6, 6.07) is 0. The van der Waals surface area contributed by atoms with Crippen LogP contribution in [0.15, 0.2) is 60.8 Å². The average Bonchev–Trinajstić information content (AvgIpc) is 3.26. The van der Waals surface area contributed by atoms with Crippen molar-refractivity contribution in [1.29, 1.82) is 0 Å². The van der Waals surface area contributed by atoms with Gasteiger partial charge in [0, 0.05) is 19.3 Å². The first-order chi connectivity index (χ1) is 30.0. The molecular formula is C55H96O6. The molecule has 0 N–H and O–H groups in total. The van der Waals surface area contributed by atoms with E-state index < -0.39 is 6.10 Å². The first-order valence-corrected chi connectivity index (χ1v) is 25.8. The van der Waals surface area contributed by atoms with Crippen LogP contribution in [0.1, 0.15) is 252 Å². The van der Waals surface area contributed by atoms with E-state index in [1.807, 2.05) is 0 Å². The number of hydrogen-bond acceptors (Lipinski definition) is 6. The summed E-state index contributed by atoms with van der Waals surface area (Å²) in [4.78, 5) is 38.0. The second kappa shape index (κ2) is 49.8. The fourth-order valence-corrected chi connectivity index (χ4v) is 7.14. The minimum atomic E-state index is -0.782. The highest BCUT2D eigenvalue weighted by Gasteiger charge is 2.19. The average molecular weight is 853 g/mol. The number of hydrogen-bond donors (Lipinski definition) is 0. The molecular weight excluding hydrogens is 757 g/mol. The van der Waals surface area contributed by atoms with E-state index in [1.54, 1.807) is 0 Å². The van der Waals surface area contributed by atoms with Crippen molar-refractivity contribution in [2.75, 3.05) is 13.2 Å². The van der Waals surface area contributed by atoms with E-state index in [2.05, 4.69) is 81.5 Å². The van der Waals surface area contributed by atoms with Crippen LogP contribution in [0.2, 0.25) is 0 Å². The molecule has 352 valence electrons. The van der Waals surface area contributed by atoms with Gasteiger partial charge in [-0.1, -0.05) is 216 Å². The molecule has 0 radical (unpaired) electrons. The van der Waals surface area contributed by atoms with E-state index >= 15 is 0 Å². The smallest absolute Gasteiger partial charge is 0.306 e. The molecule has 1 unspecified atom stereocenters. The van der Waals surface area contributed by atoms with Crippen molar-refractivity contribution in [1.82, 2.24) is 0 Å². The Kier molecular flexibility index (Phi) is 47.4. The molecule has 6 heteroatoms. The Morgan fingerprint density at radius 3 is 1.07 bits per heavy atom. The summed E-state index contributed by atoms with van der Waals surface area (Å²) in [7, 11) is 0. The number of carbonyl (C=O) groups is 3. The highest BCUT2D eigenvalue weighted by molar-refractivity contribution is 5.71. The number of esters is 3. The maximum absolute atomic E-state index is 12.8. The van der Waals surface area contributed by atoms with Crippen molar-refractivity contribution in [2.45, 2.75) is 258 Å². The van der Waals surface area contributed by atoms with E-state index in [-0.39, 0.29) is 31.1 Å². The molecule has 0 bridgehead atoms. The third kappa shape index (κ3) is 48.0. The van der Waals surface area contributed by atoms with Crippen molar-refractivity contribution in [3.63, 3.8) is 0 Å². The lowest BCUT2D eigenvalue weighted by Crippen LogP contribution is -2.30. The van der Waals surface area contributed by atoms with Crippen LogP contribution in [0.25, 0.3) is 0 Å². The Hall–Kier alpha value is -2.89. The molecule has 1 atom stereocenters. The van der Waals surface area contributed by atoms with Gasteiger partial charge >= 0.3 is 17.9 Å². The van der Waals surface area contributed by atoms with Crippen LogP contribution < -0.4 is 0 Å². The van der Waals surface area contributed by atoms with E-state index in [9.17, 15) is 14.4 Å². The number of carbonyl (C=O) groups excluding carboxylic acids is 3. The Balaban J connectivity index is 4.38. The largest absolute Gasteiger partial charge is 0.462 e. The van der Waals surface area contributed by atoms with Gasteiger partial charge < -0.3 is 14.2 Å². The zero-order valence-electron chi connectivity index (χ0n) is 40.2. The lowest BCUT2D eigenvalue weighted by atomic mass is 10.0. The molecule has 0 rings (SSSR count). The maximum Gasteiger partial charge on any atom is 0.306 e. The molecule has 0 fully saturated rings. The summed E-state index contributed by atoms with van der Waals surface area (Å²) >= 11 is 0. The van der Waals surface area contributed by atoms with E-state index in [1.165, 1.54) is 96.3 Å². The minimum absolute atomic E-state index is 0.0814. The normalized spacial score (nSPS) is 12.5. The third-order valence-electron chi connectivity index (χ3n) is 11.0. The van der Waals surface area contributed by atoms with Crippen LogP contribution in [0.5, 0.6) is 0 Å². The quantitative estimate of drug-likeness (QED) is 0.0263. The first-order valence-electron chi connectivity index (χ1n) is 25.8. The van der Waals surface area contributed by atoms with Crippen LogP contribution in [0.4, 0.5) is 0 Å². The fourth-order valence-electron chi connectivity index (χ4n) is 7.14. The van der Waals surface area contributed by atoms with Gasteiger partial charge in [0.15, 0.2) is 6.10 Å². The molecule has 0 aliphatic carbocycles. The topological polar surface area (TPSA) is 78.9 Å². The predicted molar refractivity (Wildman–Crippen MR) is 261 cm³/mol.